The van der Waals surface area contributed by atoms with Crippen molar-refractivity contribution in [1.29, 1.82) is 0 Å². The first-order valence-electron chi connectivity index (χ1n) is 38.2. The summed E-state index contributed by atoms with van der Waals surface area (Å²) in [4.78, 5) is 96.0. The number of thioether (sulfide) groups is 1. The van der Waals surface area contributed by atoms with Crippen LogP contribution in [-0.2, 0) is 38.5 Å². The molecule has 618 valence electrons. The van der Waals surface area contributed by atoms with Gasteiger partial charge in [0.15, 0.2) is 5.82 Å². The van der Waals surface area contributed by atoms with E-state index in [9.17, 15) is 28.4 Å². The summed E-state index contributed by atoms with van der Waals surface area (Å²) in [6.07, 6.45) is 13.6. The lowest BCUT2D eigenvalue weighted by Gasteiger charge is -2.11. The molecular formula is C96H72BrCl4FN12O5S5. The Bertz CT molecular complexity index is 6360. The maximum absolute atomic E-state index is 13.0. The molecule has 0 aliphatic carbocycles. The second-order valence-corrected chi connectivity index (χ2v) is 34.5. The van der Waals surface area contributed by atoms with Gasteiger partial charge in [0.05, 0.1) is 37.3 Å². The van der Waals surface area contributed by atoms with Crippen LogP contribution in [0.3, 0.4) is 0 Å². The average molecular weight is 1870 g/mol. The van der Waals surface area contributed by atoms with E-state index in [0.29, 0.717) is 101 Å². The van der Waals surface area contributed by atoms with Crippen molar-refractivity contribution in [2.24, 2.45) is 0 Å². The first-order chi connectivity index (χ1) is 60.5. The molecule has 8 aromatic heterocycles. The van der Waals surface area contributed by atoms with E-state index in [0.717, 1.165) is 89.3 Å². The molecule has 0 spiro atoms. The molecule has 0 aliphatic rings. The number of hydrogen-bond donors (Lipinski definition) is 5. The quantitative estimate of drug-likeness (QED) is 0.0296. The Labute approximate surface area is 763 Å². The third-order valence-electron chi connectivity index (χ3n) is 18.0. The summed E-state index contributed by atoms with van der Waals surface area (Å²) in [6, 6.07) is 88.3. The molecule has 0 saturated carbocycles. The van der Waals surface area contributed by atoms with E-state index in [4.69, 9.17) is 51.4 Å². The van der Waals surface area contributed by atoms with E-state index < -0.39 is 0 Å². The number of carbonyl (C=O) groups is 5. The Hall–Kier alpha value is -12.0. The van der Waals surface area contributed by atoms with Gasteiger partial charge in [-0.2, -0.15) is 0 Å². The minimum absolute atomic E-state index is 0.150. The van der Waals surface area contributed by atoms with Gasteiger partial charge in [0, 0.05) is 138 Å². The van der Waals surface area contributed by atoms with Crippen LogP contribution < -0.4 is 26.6 Å². The standard InChI is InChI=1S/C24H18ClN3OS.C22H16ClN3OS.C20H16BrFN2OS.2C15H11ClN2OS/c25-19-11-13-20(14-12-19)30-24-21(23(29)27-15-17-7-3-1-4-8-17)16-26-22(28-24)18-9-5-2-6-10-18;23-18-8-2-4-10-20(18)28-21-12-17(16-7-1-3-9-19(16)26-21)22(27)25-14-15-6-5-11-24-13-15;21-16-4-1-3-15(11-16)13-26-20-18(5-2-10-23-20)19(25)24-12-14-6-8-17(22)9-7-14;2*16-13-11-5-1-2-6-12(11)20-14(13)15(19)18-9-10-4-3-7-17-8-10/h1-14,16H,15H2,(H,27,29);1-13H,14H2,(H,25,27);1-11H,12-13H2,(H,24,25);2*1-8H,9H2,(H,18,19). The second-order valence-electron chi connectivity index (χ2n) is 26.8. The zero-order valence-corrected chi connectivity index (χ0v) is 74.2. The highest BCUT2D eigenvalue weighted by Crippen LogP contribution is 2.39. The fourth-order valence-electron chi connectivity index (χ4n) is 11.8. The zero-order chi connectivity index (χ0) is 86.4. The molecule has 5 amide bonds. The maximum Gasteiger partial charge on any atom is 0.263 e. The minimum atomic E-state index is -0.293. The monoisotopic (exact) mass is 1870 g/mol. The van der Waals surface area contributed by atoms with Crippen molar-refractivity contribution in [1.82, 2.24) is 61.5 Å². The summed E-state index contributed by atoms with van der Waals surface area (Å²) in [6.45, 7) is 2.07. The van der Waals surface area contributed by atoms with Gasteiger partial charge in [0.1, 0.15) is 30.6 Å². The molecule has 0 saturated heterocycles. The normalized spacial score (nSPS) is 10.6. The molecule has 0 aliphatic heterocycles. The lowest BCUT2D eigenvalue weighted by Crippen LogP contribution is -2.24. The van der Waals surface area contributed by atoms with Crippen LogP contribution in [0.4, 0.5) is 4.39 Å². The van der Waals surface area contributed by atoms with Gasteiger partial charge in [-0.25, -0.2) is 24.3 Å². The van der Waals surface area contributed by atoms with Crippen LogP contribution in [-0.4, -0.2) is 64.4 Å². The summed E-state index contributed by atoms with van der Waals surface area (Å²) in [5.41, 5.74) is 9.09. The number of halogens is 6. The number of thiophene rings is 2. The highest BCUT2D eigenvalue weighted by molar-refractivity contribution is 9.10. The SMILES string of the molecule is O=C(NCc1ccc(F)cc1)c1cccnc1SCc1cccc(Br)c1.O=C(NCc1ccccc1)c1cnc(-c2ccccc2)nc1Sc1ccc(Cl)cc1.O=C(NCc1cccnc1)c1cc(Sc2ccccc2Cl)nc2ccccc12.O=C(NCc1cccnc1)c1sc2ccccc2c1Cl.O=C(NCc1cccnc1)c1sc2ccccc2c1Cl. The lowest BCUT2D eigenvalue weighted by atomic mass is 10.1. The minimum Gasteiger partial charge on any atom is -0.348 e. The predicted molar refractivity (Wildman–Crippen MR) is 503 cm³/mol. The zero-order valence-electron chi connectivity index (χ0n) is 65.5. The Morgan fingerprint density at radius 1 is 0.387 bits per heavy atom. The van der Waals surface area contributed by atoms with Crippen molar-refractivity contribution in [3.05, 3.63) is 425 Å². The summed E-state index contributed by atoms with van der Waals surface area (Å²) >= 11 is 35.5. The van der Waals surface area contributed by atoms with Crippen LogP contribution in [0, 0.1) is 5.82 Å². The van der Waals surface area contributed by atoms with Gasteiger partial charge in [0.25, 0.3) is 29.5 Å². The van der Waals surface area contributed by atoms with E-state index in [1.807, 2.05) is 249 Å². The molecule has 17 aromatic rings. The third-order valence-corrected chi connectivity index (χ3v) is 25.6. The molecule has 28 heteroatoms. The number of nitrogens with zero attached hydrogens (tertiary/aromatic N) is 7. The van der Waals surface area contributed by atoms with Crippen molar-refractivity contribution in [2.45, 2.75) is 63.3 Å². The Morgan fingerprint density at radius 3 is 1.44 bits per heavy atom. The molecule has 17 nitrogen and oxygen atoms in total. The maximum atomic E-state index is 13.0. The van der Waals surface area contributed by atoms with E-state index in [-0.39, 0.29) is 35.4 Å². The molecule has 0 radical (unpaired) electrons. The summed E-state index contributed by atoms with van der Waals surface area (Å²) < 4.78 is 16.0. The van der Waals surface area contributed by atoms with Crippen LogP contribution in [0.5, 0.6) is 0 Å². The first-order valence-corrected chi connectivity index (χ1v) is 44.8. The van der Waals surface area contributed by atoms with Crippen LogP contribution in [0.25, 0.3) is 42.5 Å². The van der Waals surface area contributed by atoms with Crippen molar-refractivity contribution in [2.75, 3.05) is 0 Å². The Balaban J connectivity index is 0.000000134. The number of hydrogen-bond acceptors (Lipinski definition) is 17. The fraction of sp³-hybridized carbons (Fsp3) is 0.0625. The number of aromatic nitrogens is 7. The third kappa shape index (κ3) is 26.0. The lowest BCUT2D eigenvalue weighted by molar-refractivity contribution is 0.0939. The largest absolute Gasteiger partial charge is 0.348 e. The molecule has 9 aromatic carbocycles. The highest BCUT2D eigenvalue weighted by Gasteiger charge is 2.22. The number of nitrogens with one attached hydrogen (secondary N) is 5. The topological polar surface area (TPSA) is 236 Å². The predicted octanol–water partition coefficient (Wildman–Crippen LogP) is 24.2. The van der Waals surface area contributed by atoms with Crippen molar-refractivity contribution in [3.8, 4) is 11.4 Å². The van der Waals surface area contributed by atoms with Crippen molar-refractivity contribution in [3.63, 3.8) is 0 Å². The van der Waals surface area contributed by atoms with Crippen molar-refractivity contribution >= 4 is 181 Å². The number of para-hydroxylation sites is 1. The summed E-state index contributed by atoms with van der Waals surface area (Å²) in [7, 11) is 0. The van der Waals surface area contributed by atoms with Crippen LogP contribution in [0.15, 0.2) is 364 Å². The molecule has 0 fully saturated rings. The molecule has 0 atom stereocenters. The Kier molecular flexibility index (Phi) is 33.2. The van der Waals surface area contributed by atoms with Crippen LogP contribution in [0.2, 0.25) is 20.1 Å². The fourth-order valence-corrected chi connectivity index (χ4v) is 18.2. The van der Waals surface area contributed by atoms with Gasteiger partial charge in [-0.3, -0.25) is 38.9 Å². The van der Waals surface area contributed by atoms with Gasteiger partial charge >= 0.3 is 0 Å². The van der Waals surface area contributed by atoms with Crippen LogP contribution >= 0.6 is 120 Å². The number of fused-ring (bicyclic) bond motifs is 3. The van der Waals surface area contributed by atoms with E-state index in [2.05, 4.69) is 72.4 Å². The molecule has 0 bridgehead atoms. The number of carbonyl (C=O) groups excluding carboxylic acids is 5. The first kappa shape index (κ1) is 89.7. The van der Waals surface area contributed by atoms with Crippen LogP contribution in [0.1, 0.15) is 83.8 Å². The second kappa shape index (κ2) is 45.9. The van der Waals surface area contributed by atoms with Gasteiger partial charge in [-0.1, -0.05) is 256 Å². The molecular weight excluding hydrogens is 1800 g/mol. The molecule has 0 unspecified atom stereocenters. The average Bonchev–Trinajstić information content (AvgIpc) is 1.80. The van der Waals surface area contributed by atoms with Gasteiger partial charge in [-0.05, 0) is 149 Å². The summed E-state index contributed by atoms with van der Waals surface area (Å²) in [5, 5.41) is 21.5. The van der Waals surface area contributed by atoms with Gasteiger partial charge in [-0.15, -0.1) is 34.4 Å². The molecule has 5 N–H and O–H groups in total. The molecule has 124 heavy (non-hydrogen) atoms. The highest BCUT2D eigenvalue weighted by atomic mass is 79.9. The molecule has 17 rings (SSSR count). The number of benzene rings is 9. The van der Waals surface area contributed by atoms with Gasteiger partial charge < -0.3 is 26.6 Å². The van der Waals surface area contributed by atoms with E-state index in [1.54, 1.807) is 73.8 Å². The van der Waals surface area contributed by atoms with E-state index >= 15 is 0 Å². The summed E-state index contributed by atoms with van der Waals surface area (Å²) in [5.74, 6) is 0.136. The Morgan fingerprint density at radius 2 is 0.871 bits per heavy atom. The number of pyridine rings is 5. The van der Waals surface area contributed by atoms with Gasteiger partial charge in [0.2, 0.25) is 0 Å². The smallest absolute Gasteiger partial charge is 0.263 e. The molecule has 8 heterocycles. The number of amides is 5. The number of rotatable bonds is 23. The van der Waals surface area contributed by atoms with E-state index in [1.165, 1.54) is 70.1 Å². The van der Waals surface area contributed by atoms with Crippen molar-refractivity contribution < 1.29 is 28.4 Å².